The zero-order valence-electron chi connectivity index (χ0n) is 13.7. The summed E-state index contributed by atoms with van der Waals surface area (Å²) in [6.07, 6.45) is 1.47. The Morgan fingerprint density at radius 2 is 1.77 bits per heavy atom. The average molecular weight is 351 g/mol. The third kappa shape index (κ3) is 3.55. The van der Waals surface area contributed by atoms with Crippen molar-refractivity contribution in [2.75, 3.05) is 5.32 Å². The third-order valence-electron chi connectivity index (χ3n) is 3.76. The Kier molecular flexibility index (Phi) is 4.68. The Labute approximate surface area is 149 Å². The normalized spacial score (nSPS) is 10.5. The number of nitrogens with one attached hydrogen (secondary N) is 1. The molecule has 3 aromatic rings. The van der Waals surface area contributed by atoms with Crippen LogP contribution in [0.15, 0.2) is 54.7 Å². The van der Waals surface area contributed by atoms with E-state index in [1.807, 2.05) is 42.5 Å². The van der Waals surface area contributed by atoms with Crippen LogP contribution in [0, 0.1) is 0 Å². The van der Waals surface area contributed by atoms with Crippen molar-refractivity contribution in [3.05, 3.63) is 66.0 Å². The highest BCUT2D eigenvalue weighted by atomic mass is 16.3. The van der Waals surface area contributed by atoms with Crippen molar-refractivity contribution in [1.29, 1.82) is 0 Å². The van der Waals surface area contributed by atoms with Gasteiger partial charge in [-0.15, -0.1) is 0 Å². The summed E-state index contributed by atoms with van der Waals surface area (Å²) in [6.45, 7) is -0.0448. The molecule has 3 amide bonds. The van der Waals surface area contributed by atoms with Crippen molar-refractivity contribution in [1.82, 2.24) is 9.78 Å². The van der Waals surface area contributed by atoms with Gasteiger partial charge in [-0.05, 0) is 34.9 Å². The quantitative estimate of drug-likeness (QED) is 0.555. The minimum absolute atomic E-state index is 0.0448. The Hall–Kier alpha value is -3.65. The molecule has 8 heteroatoms. The van der Waals surface area contributed by atoms with Crippen LogP contribution in [0.5, 0.6) is 0 Å². The van der Waals surface area contributed by atoms with Gasteiger partial charge in [-0.2, -0.15) is 5.10 Å². The molecule has 8 nitrogen and oxygen atoms in total. The van der Waals surface area contributed by atoms with Gasteiger partial charge in [0, 0.05) is 0 Å². The summed E-state index contributed by atoms with van der Waals surface area (Å²) in [5.41, 5.74) is 13.8. The van der Waals surface area contributed by atoms with Crippen LogP contribution in [-0.2, 0) is 6.61 Å². The first-order valence-electron chi connectivity index (χ1n) is 7.74. The van der Waals surface area contributed by atoms with Gasteiger partial charge in [-0.1, -0.05) is 30.3 Å². The number of hydrogen-bond donors (Lipinski definition) is 4. The van der Waals surface area contributed by atoms with E-state index < -0.39 is 11.9 Å². The van der Waals surface area contributed by atoms with Gasteiger partial charge in [0.05, 0.1) is 24.2 Å². The molecule has 0 saturated carbocycles. The number of nitrogens with two attached hydrogens (primary N) is 2. The maximum Gasteiger partial charge on any atom is 0.316 e. The van der Waals surface area contributed by atoms with Crippen molar-refractivity contribution in [2.45, 2.75) is 6.61 Å². The number of nitrogens with zero attached hydrogens (tertiary/aromatic N) is 2. The molecule has 1 aromatic heterocycles. The lowest BCUT2D eigenvalue weighted by atomic mass is 10.0. The van der Waals surface area contributed by atoms with E-state index in [0.717, 1.165) is 16.7 Å². The van der Waals surface area contributed by atoms with Crippen molar-refractivity contribution >= 4 is 17.6 Å². The minimum atomic E-state index is -0.818. The lowest BCUT2D eigenvalue weighted by Crippen LogP contribution is -2.22. The molecule has 0 atom stereocenters. The number of carbonyl (C=O) groups excluding carboxylic acids is 2. The van der Waals surface area contributed by atoms with Crippen molar-refractivity contribution < 1.29 is 14.7 Å². The molecule has 3 rings (SSSR count). The minimum Gasteiger partial charge on any atom is -0.392 e. The zero-order valence-corrected chi connectivity index (χ0v) is 13.7. The summed E-state index contributed by atoms with van der Waals surface area (Å²) in [6, 6.07) is 14.1. The van der Waals surface area contributed by atoms with Crippen molar-refractivity contribution in [3.63, 3.8) is 0 Å². The van der Waals surface area contributed by atoms with Crippen LogP contribution >= 0.6 is 0 Å². The molecule has 0 bridgehead atoms. The van der Waals surface area contributed by atoms with Crippen LogP contribution in [0.4, 0.5) is 10.5 Å². The largest absolute Gasteiger partial charge is 0.392 e. The number of amides is 3. The number of aliphatic hydroxyl groups excluding tert-OH is 1. The summed E-state index contributed by atoms with van der Waals surface area (Å²) < 4.78 is 1.44. The van der Waals surface area contributed by atoms with Crippen LogP contribution in [-0.4, -0.2) is 26.8 Å². The molecule has 0 unspecified atom stereocenters. The number of benzene rings is 2. The standard InChI is InChI=1S/C18H17N5O3/c19-17(25)16-15(21-18(20)26)9-23(22-16)14-6-2-5-13(8-14)12-4-1-3-11(7-12)10-24/h1-9,24H,10H2,(H2,19,25)(H3,20,21,26). The van der Waals surface area contributed by atoms with E-state index in [2.05, 4.69) is 10.4 Å². The fraction of sp³-hybridized carbons (Fsp3) is 0.0556. The maximum atomic E-state index is 11.5. The van der Waals surface area contributed by atoms with E-state index in [1.54, 1.807) is 6.07 Å². The summed E-state index contributed by atoms with van der Waals surface area (Å²) >= 11 is 0. The second kappa shape index (κ2) is 7.08. The van der Waals surface area contributed by atoms with E-state index in [4.69, 9.17) is 11.5 Å². The molecule has 1 heterocycles. The predicted molar refractivity (Wildman–Crippen MR) is 96.6 cm³/mol. The average Bonchev–Trinajstić information content (AvgIpc) is 3.05. The number of hydrogen-bond acceptors (Lipinski definition) is 4. The van der Waals surface area contributed by atoms with Crippen LogP contribution in [0.3, 0.4) is 0 Å². The highest BCUT2D eigenvalue weighted by molar-refractivity contribution is 6.00. The molecule has 2 aromatic carbocycles. The fourth-order valence-corrected chi connectivity index (χ4v) is 2.59. The summed E-state index contributed by atoms with van der Waals surface area (Å²) in [7, 11) is 0. The maximum absolute atomic E-state index is 11.5. The molecule has 0 saturated heterocycles. The van der Waals surface area contributed by atoms with Gasteiger partial charge >= 0.3 is 6.03 Å². The second-order valence-corrected chi connectivity index (χ2v) is 5.60. The number of primary amides is 2. The van der Waals surface area contributed by atoms with E-state index in [0.29, 0.717) is 5.69 Å². The molecular formula is C18H17N5O3. The Balaban J connectivity index is 2.02. The first-order chi connectivity index (χ1) is 12.5. The van der Waals surface area contributed by atoms with E-state index in [-0.39, 0.29) is 18.0 Å². The molecule has 26 heavy (non-hydrogen) atoms. The van der Waals surface area contributed by atoms with E-state index in [1.165, 1.54) is 10.9 Å². The topological polar surface area (TPSA) is 136 Å². The van der Waals surface area contributed by atoms with E-state index in [9.17, 15) is 14.7 Å². The lowest BCUT2D eigenvalue weighted by Gasteiger charge is -2.07. The number of carbonyl (C=O) groups is 2. The van der Waals surface area contributed by atoms with Crippen molar-refractivity contribution in [2.24, 2.45) is 11.5 Å². The van der Waals surface area contributed by atoms with Gasteiger partial charge in [-0.3, -0.25) is 4.79 Å². The number of aromatic nitrogens is 2. The highest BCUT2D eigenvalue weighted by Gasteiger charge is 2.16. The molecule has 0 aliphatic heterocycles. The fourth-order valence-electron chi connectivity index (χ4n) is 2.59. The van der Waals surface area contributed by atoms with Crippen LogP contribution in [0.25, 0.3) is 16.8 Å². The number of aliphatic hydroxyl groups is 1. The molecule has 0 spiro atoms. The number of rotatable bonds is 5. The van der Waals surface area contributed by atoms with Crippen molar-refractivity contribution in [3.8, 4) is 16.8 Å². The van der Waals surface area contributed by atoms with Gasteiger partial charge < -0.3 is 21.9 Å². The van der Waals surface area contributed by atoms with E-state index >= 15 is 0 Å². The summed E-state index contributed by atoms with van der Waals surface area (Å²) in [5.74, 6) is -0.778. The predicted octanol–water partition coefficient (Wildman–Crippen LogP) is 1.62. The smallest absolute Gasteiger partial charge is 0.316 e. The Bertz CT molecular complexity index is 980. The van der Waals surface area contributed by atoms with Gasteiger partial charge in [0.15, 0.2) is 5.69 Å². The highest BCUT2D eigenvalue weighted by Crippen LogP contribution is 2.24. The molecule has 0 radical (unpaired) electrons. The van der Waals surface area contributed by atoms with Crippen LogP contribution in [0.2, 0.25) is 0 Å². The Morgan fingerprint density at radius 3 is 2.42 bits per heavy atom. The Morgan fingerprint density at radius 1 is 1.08 bits per heavy atom. The molecule has 0 fully saturated rings. The van der Waals surface area contributed by atoms with Gasteiger partial charge in [0.25, 0.3) is 5.91 Å². The van der Waals surface area contributed by atoms with Gasteiger partial charge in [0.2, 0.25) is 0 Å². The first-order valence-corrected chi connectivity index (χ1v) is 7.74. The summed E-state index contributed by atoms with van der Waals surface area (Å²) in [5, 5.41) is 15.8. The third-order valence-corrected chi connectivity index (χ3v) is 3.76. The van der Waals surface area contributed by atoms with Crippen LogP contribution in [0.1, 0.15) is 16.1 Å². The van der Waals surface area contributed by atoms with Gasteiger partial charge in [-0.25, -0.2) is 9.48 Å². The molecule has 132 valence electrons. The number of anilines is 1. The SMILES string of the molecule is NC(=O)Nc1cn(-c2cccc(-c3cccc(CO)c3)c2)nc1C(N)=O. The molecule has 0 aliphatic carbocycles. The monoisotopic (exact) mass is 351 g/mol. The van der Waals surface area contributed by atoms with Crippen LogP contribution < -0.4 is 16.8 Å². The molecule has 6 N–H and O–H groups in total. The number of urea groups is 1. The molecular weight excluding hydrogens is 334 g/mol. The molecule has 0 aliphatic rings. The lowest BCUT2D eigenvalue weighted by molar-refractivity contribution is 0.0996. The first kappa shape index (κ1) is 17.2. The van der Waals surface area contributed by atoms with Gasteiger partial charge in [0.1, 0.15) is 0 Å². The second-order valence-electron chi connectivity index (χ2n) is 5.60. The summed E-state index contributed by atoms with van der Waals surface area (Å²) in [4.78, 5) is 22.6. The zero-order chi connectivity index (χ0) is 18.7.